The van der Waals surface area contributed by atoms with Crippen LogP contribution in [0, 0.1) is 5.92 Å². The van der Waals surface area contributed by atoms with Crippen LogP contribution in [-0.2, 0) is 6.54 Å². The molecule has 3 aromatic heterocycles. The van der Waals surface area contributed by atoms with Gasteiger partial charge in [-0.3, -0.25) is 19.1 Å². The van der Waals surface area contributed by atoms with Gasteiger partial charge in [-0.15, -0.1) is 0 Å². The van der Waals surface area contributed by atoms with Gasteiger partial charge in [-0.05, 0) is 30.9 Å². The van der Waals surface area contributed by atoms with Crippen LogP contribution in [0.3, 0.4) is 0 Å². The van der Waals surface area contributed by atoms with Crippen molar-refractivity contribution in [3.8, 4) is 11.3 Å². The van der Waals surface area contributed by atoms with E-state index in [-0.39, 0.29) is 11.1 Å². The summed E-state index contributed by atoms with van der Waals surface area (Å²) in [6, 6.07) is 5.24. The van der Waals surface area contributed by atoms with Gasteiger partial charge >= 0.3 is 0 Å². The van der Waals surface area contributed by atoms with Gasteiger partial charge in [0.25, 0.3) is 11.1 Å². The van der Waals surface area contributed by atoms with Crippen molar-refractivity contribution < 1.29 is 0 Å². The lowest BCUT2D eigenvalue weighted by atomic mass is 9.96. The molecule has 1 N–H and O–H groups in total. The van der Waals surface area contributed by atoms with Crippen LogP contribution in [0.1, 0.15) is 12.8 Å². The van der Waals surface area contributed by atoms with Crippen molar-refractivity contribution in [2.75, 3.05) is 18.0 Å². The Bertz CT molecular complexity index is 1020. The highest BCUT2D eigenvalue weighted by molar-refractivity contribution is 5.57. The van der Waals surface area contributed by atoms with E-state index in [1.165, 1.54) is 6.20 Å². The Balaban J connectivity index is 1.41. The maximum absolute atomic E-state index is 12.5. The average Bonchev–Trinajstić information content (AvgIpc) is 2.71. The lowest BCUT2D eigenvalue weighted by molar-refractivity contribution is 0.350. The Kier molecular flexibility index (Phi) is 4.78. The maximum Gasteiger partial charge on any atom is 0.290 e. The third-order valence-electron chi connectivity index (χ3n) is 4.91. The first-order valence-electron chi connectivity index (χ1n) is 8.96. The number of H-pyrrole nitrogens is 1. The minimum Gasteiger partial charge on any atom is -0.352 e. The third kappa shape index (κ3) is 3.79. The van der Waals surface area contributed by atoms with Crippen LogP contribution in [-0.4, -0.2) is 37.6 Å². The van der Waals surface area contributed by atoms with Gasteiger partial charge in [-0.25, -0.2) is 9.97 Å². The topological polar surface area (TPSA) is 96.8 Å². The van der Waals surface area contributed by atoms with Crippen LogP contribution < -0.4 is 16.0 Å². The zero-order valence-corrected chi connectivity index (χ0v) is 14.8. The highest BCUT2D eigenvalue weighted by atomic mass is 16.1. The van der Waals surface area contributed by atoms with Crippen molar-refractivity contribution in [3.63, 3.8) is 0 Å². The van der Waals surface area contributed by atoms with Crippen LogP contribution in [0.5, 0.6) is 0 Å². The second-order valence-corrected chi connectivity index (χ2v) is 6.67. The van der Waals surface area contributed by atoms with Crippen molar-refractivity contribution in [3.05, 3.63) is 70.0 Å². The summed E-state index contributed by atoms with van der Waals surface area (Å²) in [6.07, 6.45) is 9.91. The molecule has 0 spiro atoms. The van der Waals surface area contributed by atoms with Crippen molar-refractivity contribution in [2.45, 2.75) is 19.4 Å². The van der Waals surface area contributed by atoms with E-state index in [0.29, 0.717) is 24.0 Å². The van der Waals surface area contributed by atoms with Gasteiger partial charge in [0.2, 0.25) is 0 Å². The van der Waals surface area contributed by atoms with E-state index in [1.54, 1.807) is 35.6 Å². The largest absolute Gasteiger partial charge is 0.352 e. The summed E-state index contributed by atoms with van der Waals surface area (Å²) >= 11 is 0. The normalized spacial score (nSPS) is 15.0. The van der Waals surface area contributed by atoms with Gasteiger partial charge in [0.05, 0.1) is 12.0 Å². The van der Waals surface area contributed by atoms with E-state index < -0.39 is 0 Å². The van der Waals surface area contributed by atoms with Gasteiger partial charge in [0, 0.05) is 56.1 Å². The SMILES string of the molecule is O=c1[nH]ccnc1N1CCC(Cn2cnc(-c3ccncc3)cc2=O)CC1. The fraction of sp³-hybridized carbons (Fsp3) is 0.316. The molecule has 0 aliphatic carbocycles. The van der Waals surface area contributed by atoms with Crippen LogP contribution in [0.4, 0.5) is 5.82 Å². The highest BCUT2D eigenvalue weighted by Gasteiger charge is 2.22. The summed E-state index contributed by atoms with van der Waals surface area (Å²) in [4.78, 5) is 41.6. The van der Waals surface area contributed by atoms with Crippen LogP contribution in [0.2, 0.25) is 0 Å². The minimum absolute atomic E-state index is 0.0552. The first-order valence-corrected chi connectivity index (χ1v) is 8.96. The summed E-state index contributed by atoms with van der Waals surface area (Å²) in [6.45, 7) is 2.14. The lowest BCUT2D eigenvalue weighted by Gasteiger charge is -2.32. The fourth-order valence-electron chi connectivity index (χ4n) is 3.42. The predicted octanol–water partition coefficient (Wildman–Crippen LogP) is 1.31. The van der Waals surface area contributed by atoms with E-state index in [1.807, 2.05) is 17.0 Å². The third-order valence-corrected chi connectivity index (χ3v) is 4.91. The van der Waals surface area contributed by atoms with E-state index in [2.05, 4.69) is 19.9 Å². The molecule has 3 aromatic rings. The average molecular weight is 364 g/mol. The molecule has 1 aliphatic heterocycles. The lowest BCUT2D eigenvalue weighted by Crippen LogP contribution is -2.39. The molecule has 0 aromatic carbocycles. The summed E-state index contributed by atoms with van der Waals surface area (Å²) in [5, 5.41) is 0. The predicted molar refractivity (Wildman–Crippen MR) is 102 cm³/mol. The molecule has 138 valence electrons. The molecule has 0 amide bonds. The highest BCUT2D eigenvalue weighted by Crippen LogP contribution is 2.21. The Morgan fingerprint density at radius 2 is 1.85 bits per heavy atom. The monoisotopic (exact) mass is 364 g/mol. The molecule has 0 unspecified atom stereocenters. The van der Waals surface area contributed by atoms with E-state index in [9.17, 15) is 9.59 Å². The molecule has 1 aliphatic rings. The Labute approximate surface area is 155 Å². The number of anilines is 1. The first-order chi connectivity index (χ1) is 13.2. The Morgan fingerprint density at radius 1 is 1.07 bits per heavy atom. The summed E-state index contributed by atoms with van der Waals surface area (Å²) in [5.74, 6) is 0.840. The van der Waals surface area contributed by atoms with Gasteiger partial charge in [-0.2, -0.15) is 0 Å². The zero-order valence-electron chi connectivity index (χ0n) is 14.8. The molecule has 8 nitrogen and oxygen atoms in total. The molecule has 0 atom stereocenters. The molecule has 0 saturated carbocycles. The number of aromatic nitrogens is 5. The maximum atomic E-state index is 12.5. The van der Waals surface area contributed by atoms with E-state index in [0.717, 1.165) is 31.5 Å². The van der Waals surface area contributed by atoms with Crippen molar-refractivity contribution in [1.82, 2.24) is 24.5 Å². The Morgan fingerprint density at radius 3 is 2.56 bits per heavy atom. The second-order valence-electron chi connectivity index (χ2n) is 6.67. The fourth-order valence-corrected chi connectivity index (χ4v) is 3.42. The molecular weight excluding hydrogens is 344 g/mol. The molecule has 0 bridgehead atoms. The smallest absolute Gasteiger partial charge is 0.290 e. The van der Waals surface area contributed by atoms with Gasteiger partial charge < -0.3 is 9.88 Å². The van der Waals surface area contributed by atoms with Gasteiger partial charge in [-0.1, -0.05) is 0 Å². The summed E-state index contributed by atoms with van der Waals surface area (Å²) in [5.41, 5.74) is 1.31. The van der Waals surface area contributed by atoms with Crippen LogP contribution in [0.25, 0.3) is 11.3 Å². The molecule has 4 heterocycles. The molecular formula is C19H20N6O2. The zero-order chi connectivity index (χ0) is 18.6. The number of hydrogen-bond donors (Lipinski definition) is 1. The van der Waals surface area contributed by atoms with E-state index >= 15 is 0 Å². The van der Waals surface area contributed by atoms with Crippen molar-refractivity contribution in [2.24, 2.45) is 5.92 Å². The van der Waals surface area contributed by atoms with Crippen LogP contribution in [0.15, 0.2) is 58.9 Å². The van der Waals surface area contributed by atoms with E-state index in [4.69, 9.17) is 0 Å². The first kappa shape index (κ1) is 17.1. The second kappa shape index (κ2) is 7.53. The number of aromatic amines is 1. The number of rotatable bonds is 4. The molecule has 8 heteroatoms. The van der Waals surface area contributed by atoms with Gasteiger partial charge in [0.15, 0.2) is 5.82 Å². The molecule has 27 heavy (non-hydrogen) atoms. The quantitative estimate of drug-likeness (QED) is 0.750. The number of nitrogens with zero attached hydrogens (tertiary/aromatic N) is 5. The number of hydrogen-bond acceptors (Lipinski definition) is 6. The molecule has 0 radical (unpaired) electrons. The molecule has 4 rings (SSSR count). The number of pyridine rings is 1. The number of piperidine rings is 1. The minimum atomic E-state index is -0.164. The Hall–Kier alpha value is -3.29. The van der Waals surface area contributed by atoms with Gasteiger partial charge in [0.1, 0.15) is 0 Å². The standard InChI is InChI=1S/C19H20N6O2/c26-17-11-16(15-1-5-20-6-2-15)23-13-25(17)12-14-3-9-24(10-4-14)18-19(27)22-8-7-21-18/h1-2,5-8,11,13-14H,3-4,9-10,12H2,(H,22,27). The van der Waals surface area contributed by atoms with Crippen molar-refractivity contribution >= 4 is 5.82 Å². The number of nitrogens with one attached hydrogen (secondary N) is 1. The molecule has 1 fully saturated rings. The van der Waals surface area contributed by atoms with Crippen LogP contribution >= 0.6 is 0 Å². The summed E-state index contributed by atoms with van der Waals surface area (Å²) in [7, 11) is 0. The molecule has 1 saturated heterocycles. The van der Waals surface area contributed by atoms with Crippen molar-refractivity contribution in [1.29, 1.82) is 0 Å². The summed E-state index contributed by atoms with van der Waals surface area (Å²) < 4.78 is 1.67.